The molecule has 2 aromatic rings. The van der Waals surface area contributed by atoms with E-state index in [1.165, 1.54) is 10.6 Å². The van der Waals surface area contributed by atoms with E-state index in [4.69, 9.17) is 0 Å². The second-order valence-electron chi connectivity index (χ2n) is 7.41. The second-order valence-corrected chi connectivity index (χ2v) is 9.35. The Labute approximate surface area is 161 Å². The molecule has 0 unspecified atom stereocenters. The number of nitrogens with zero attached hydrogens (tertiary/aromatic N) is 1. The lowest BCUT2D eigenvalue weighted by molar-refractivity contribution is -0.121. The Morgan fingerprint density at radius 2 is 1.89 bits per heavy atom. The van der Waals surface area contributed by atoms with Gasteiger partial charge in [-0.2, -0.15) is 4.31 Å². The van der Waals surface area contributed by atoms with Crippen molar-refractivity contribution in [2.45, 2.75) is 51.0 Å². The van der Waals surface area contributed by atoms with E-state index in [0.29, 0.717) is 13.0 Å². The summed E-state index contributed by atoms with van der Waals surface area (Å²) in [7, 11) is -3.41. The molecule has 27 heavy (non-hydrogen) atoms. The predicted octanol–water partition coefficient (Wildman–Crippen LogP) is 2.81. The molecule has 0 atom stereocenters. The third kappa shape index (κ3) is 5.32. The van der Waals surface area contributed by atoms with Gasteiger partial charge >= 0.3 is 0 Å². The first-order valence-electron chi connectivity index (χ1n) is 9.73. The van der Waals surface area contributed by atoms with Crippen molar-refractivity contribution in [3.05, 3.63) is 36.0 Å². The van der Waals surface area contributed by atoms with Crippen molar-refractivity contribution in [2.24, 2.45) is 0 Å². The molecule has 1 aliphatic rings. The van der Waals surface area contributed by atoms with Gasteiger partial charge < -0.3 is 10.3 Å². The van der Waals surface area contributed by atoms with Gasteiger partial charge in [0.25, 0.3) is 0 Å². The summed E-state index contributed by atoms with van der Waals surface area (Å²) in [6, 6.07) is 8.00. The molecule has 1 heterocycles. The number of fused-ring (bicyclic) bond motifs is 1. The Morgan fingerprint density at radius 1 is 1.19 bits per heavy atom. The Kier molecular flexibility index (Phi) is 6.55. The van der Waals surface area contributed by atoms with Gasteiger partial charge in [-0.3, -0.25) is 4.79 Å². The quantitative estimate of drug-likeness (QED) is 0.712. The smallest absolute Gasteiger partial charge is 0.235 e. The topological polar surface area (TPSA) is 82.3 Å². The molecule has 1 amide bonds. The molecule has 148 valence electrons. The van der Waals surface area contributed by atoms with Gasteiger partial charge in [0.1, 0.15) is 0 Å². The van der Waals surface area contributed by atoms with Crippen LogP contribution in [0, 0.1) is 0 Å². The Balaban J connectivity index is 1.56. The summed E-state index contributed by atoms with van der Waals surface area (Å²) in [4.78, 5) is 15.6. The standard InChI is InChI=1S/C20H29N3O3S/c1-27(25,26)23(17-8-4-2-3-5-9-17)15-20(24)21-13-12-16-14-22-19-11-7-6-10-18(16)19/h6-7,10-11,14,17,22H,2-5,8-9,12-13,15H2,1H3,(H,21,24). The highest BCUT2D eigenvalue weighted by atomic mass is 32.2. The van der Waals surface area contributed by atoms with Crippen molar-refractivity contribution in [3.63, 3.8) is 0 Å². The molecule has 6 nitrogen and oxygen atoms in total. The number of aromatic amines is 1. The average molecular weight is 392 g/mol. The van der Waals surface area contributed by atoms with Crippen LogP contribution in [0.5, 0.6) is 0 Å². The van der Waals surface area contributed by atoms with Gasteiger partial charge in [-0.25, -0.2) is 8.42 Å². The van der Waals surface area contributed by atoms with Crippen LogP contribution in [0.3, 0.4) is 0 Å². The fraction of sp³-hybridized carbons (Fsp3) is 0.550. The Hall–Kier alpha value is -1.86. The molecule has 0 spiro atoms. The number of sulfonamides is 1. The van der Waals surface area contributed by atoms with E-state index >= 15 is 0 Å². The highest BCUT2D eigenvalue weighted by Crippen LogP contribution is 2.23. The normalized spacial score (nSPS) is 16.5. The zero-order valence-corrected chi connectivity index (χ0v) is 16.7. The fourth-order valence-electron chi connectivity index (χ4n) is 3.94. The van der Waals surface area contributed by atoms with Crippen LogP contribution in [0.2, 0.25) is 0 Å². The maximum absolute atomic E-state index is 12.4. The third-order valence-corrected chi connectivity index (χ3v) is 6.63. The predicted molar refractivity (Wildman–Crippen MR) is 108 cm³/mol. The molecule has 0 radical (unpaired) electrons. The third-order valence-electron chi connectivity index (χ3n) is 5.35. The maximum atomic E-state index is 12.4. The second kappa shape index (κ2) is 8.89. The maximum Gasteiger partial charge on any atom is 0.235 e. The van der Waals surface area contributed by atoms with Crippen molar-refractivity contribution in [1.29, 1.82) is 0 Å². The number of H-pyrrole nitrogens is 1. The molecule has 7 heteroatoms. The van der Waals surface area contributed by atoms with Gasteiger partial charge in [0.05, 0.1) is 12.8 Å². The summed E-state index contributed by atoms with van der Waals surface area (Å²) in [6.45, 7) is 0.403. The molecule has 0 aliphatic heterocycles. The molecule has 0 bridgehead atoms. The zero-order valence-electron chi connectivity index (χ0n) is 15.9. The minimum absolute atomic E-state index is 0.0538. The summed E-state index contributed by atoms with van der Waals surface area (Å²) in [5.74, 6) is -0.232. The fourth-order valence-corrected chi connectivity index (χ4v) is 5.04. The van der Waals surface area contributed by atoms with Crippen molar-refractivity contribution < 1.29 is 13.2 Å². The molecular weight excluding hydrogens is 362 g/mol. The van der Waals surface area contributed by atoms with Crippen LogP contribution in [-0.2, 0) is 21.2 Å². The Bertz CT molecular complexity index is 867. The first-order valence-corrected chi connectivity index (χ1v) is 11.6. The van der Waals surface area contributed by atoms with E-state index in [1.807, 2.05) is 24.4 Å². The highest BCUT2D eigenvalue weighted by Gasteiger charge is 2.29. The van der Waals surface area contributed by atoms with Gasteiger partial charge in [-0.1, -0.05) is 43.9 Å². The summed E-state index contributed by atoms with van der Waals surface area (Å²) in [5, 5.41) is 4.04. The van der Waals surface area contributed by atoms with Crippen LogP contribution in [-0.4, -0.2) is 49.0 Å². The van der Waals surface area contributed by atoms with Gasteiger partial charge in [-0.05, 0) is 30.9 Å². The van der Waals surface area contributed by atoms with Crippen LogP contribution < -0.4 is 5.32 Å². The number of hydrogen-bond donors (Lipinski definition) is 2. The summed E-state index contributed by atoms with van der Waals surface area (Å²) in [5.41, 5.74) is 2.23. The van der Waals surface area contributed by atoms with Crippen LogP contribution >= 0.6 is 0 Å². The first kappa shape index (κ1) is 19.9. The number of amides is 1. The van der Waals surface area contributed by atoms with E-state index < -0.39 is 10.0 Å². The molecule has 2 N–H and O–H groups in total. The number of nitrogens with one attached hydrogen (secondary N) is 2. The molecule has 1 fully saturated rings. The summed E-state index contributed by atoms with van der Waals surface area (Å²) < 4.78 is 25.9. The largest absolute Gasteiger partial charge is 0.361 e. The van der Waals surface area contributed by atoms with Crippen molar-refractivity contribution in [3.8, 4) is 0 Å². The van der Waals surface area contributed by atoms with E-state index in [-0.39, 0.29) is 18.5 Å². The molecule has 1 aliphatic carbocycles. The van der Waals surface area contributed by atoms with Crippen LogP contribution in [0.4, 0.5) is 0 Å². The van der Waals surface area contributed by atoms with Gasteiger partial charge in [-0.15, -0.1) is 0 Å². The number of para-hydroxylation sites is 1. The summed E-state index contributed by atoms with van der Waals surface area (Å²) in [6.07, 6.45) is 9.90. The van der Waals surface area contributed by atoms with E-state index in [0.717, 1.165) is 55.0 Å². The molecular formula is C20H29N3O3S. The monoisotopic (exact) mass is 391 g/mol. The molecule has 3 rings (SSSR count). The lowest BCUT2D eigenvalue weighted by Gasteiger charge is -2.28. The lowest BCUT2D eigenvalue weighted by atomic mass is 10.1. The zero-order chi connectivity index (χ0) is 19.3. The molecule has 1 aromatic heterocycles. The molecule has 0 saturated heterocycles. The number of benzene rings is 1. The van der Waals surface area contributed by atoms with Gasteiger partial charge in [0.15, 0.2) is 0 Å². The van der Waals surface area contributed by atoms with Gasteiger partial charge in [0, 0.05) is 29.7 Å². The number of hydrogen-bond acceptors (Lipinski definition) is 3. The lowest BCUT2D eigenvalue weighted by Crippen LogP contribution is -2.46. The van der Waals surface area contributed by atoms with Crippen molar-refractivity contribution in [1.82, 2.24) is 14.6 Å². The number of carbonyl (C=O) groups is 1. The highest BCUT2D eigenvalue weighted by molar-refractivity contribution is 7.88. The minimum Gasteiger partial charge on any atom is -0.361 e. The van der Waals surface area contributed by atoms with Crippen molar-refractivity contribution in [2.75, 3.05) is 19.3 Å². The van der Waals surface area contributed by atoms with E-state index in [2.05, 4.69) is 16.4 Å². The van der Waals surface area contributed by atoms with Crippen LogP contribution in [0.15, 0.2) is 30.5 Å². The number of carbonyl (C=O) groups excluding carboxylic acids is 1. The molecule has 1 aromatic carbocycles. The summed E-state index contributed by atoms with van der Waals surface area (Å²) >= 11 is 0. The van der Waals surface area contributed by atoms with E-state index in [9.17, 15) is 13.2 Å². The minimum atomic E-state index is -3.41. The van der Waals surface area contributed by atoms with E-state index in [1.54, 1.807) is 0 Å². The van der Waals surface area contributed by atoms with Crippen molar-refractivity contribution >= 4 is 26.8 Å². The van der Waals surface area contributed by atoms with Crippen LogP contribution in [0.1, 0.15) is 44.1 Å². The van der Waals surface area contributed by atoms with Gasteiger partial charge in [0.2, 0.25) is 15.9 Å². The first-order chi connectivity index (χ1) is 12.9. The average Bonchev–Trinajstić information content (AvgIpc) is 2.85. The molecule has 1 saturated carbocycles. The SMILES string of the molecule is CS(=O)(=O)N(CC(=O)NCCc1c[nH]c2ccccc12)C1CCCCCC1. The Morgan fingerprint density at radius 3 is 2.59 bits per heavy atom. The number of rotatable bonds is 7. The number of aromatic nitrogens is 1. The van der Waals surface area contributed by atoms with Crippen LogP contribution in [0.25, 0.3) is 10.9 Å².